The molecule has 0 aromatic rings. The molecule has 0 aromatic carbocycles. The summed E-state index contributed by atoms with van der Waals surface area (Å²) in [4.78, 5) is 20.1. The molecule has 3 atom stereocenters. The molecule has 0 aliphatic rings. The first-order chi connectivity index (χ1) is 6.35. The zero-order chi connectivity index (χ0) is 11.4. The van der Waals surface area contributed by atoms with E-state index in [0.717, 1.165) is 0 Å². The highest BCUT2D eigenvalue weighted by atomic mass is 31.2. The van der Waals surface area contributed by atoms with Crippen molar-refractivity contribution in [2.24, 2.45) is 11.7 Å². The van der Waals surface area contributed by atoms with Crippen LogP contribution in [0.3, 0.4) is 0 Å². The number of rotatable bonds is 6. The summed E-state index contributed by atoms with van der Waals surface area (Å²) < 4.78 is 11.6. The number of nitrogens with two attached hydrogens (primary N) is 1. The Morgan fingerprint density at radius 1 is 1.43 bits per heavy atom. The molecule has 0 saturated heterocycles. The molecule has 0 aliphatic carbocycles. The first-order valence-corrected chi connectivity index (χ1v) is 6.56. The van der Waals surface area contributed by atoms with Crippen molar-refractivity contribution in [1.82, 2.24) is 0 Å². The van der Waals surface area contributed by atoms with E-state index in [9.17, 15) is 14.3 Å². The summed E-state index contributed by atoms with van der Waals surface area (Å²) in [5.41, 5.74) is 5.45. The lowest BCUT2D eigenvalue weighted by Gasteiger charge is -2.20. The topological polar surface area (TPSA) is 101 Å². The third-order valence-electron chi connectivity index (χ3n) is 2.26. The zero-order valence-electron chi connectivity index (χ0n) is 8.51. The molecule has 0 saturated carbocycles. The van der Waals surface area contributed by atoms with Gasteiger partial charge >= 0.3 is 5.97 Å². The van der Waals surface area contributed by atoms with Gasteiger partial charge in [0.1, 0.15) is 0 Å². The predicted molar refractivity (Wildman–Crippen MR) is 54.4 cm³/mol. The lowest BCUT2D eigenvalue weighted by molar-refractivity contribution is -0.141. The van der Waals surface area contributed by atoms with Crippen LogP contribution in [0.15, 0.2) is 0 Å². The summed E-state index contributed by atoms with van der Waals surface area (Å²) in [6.45, 7) is 3.38. The van der Waals surface area contributed by atoms with Gasteiger partial charge in [-0.3, -0.25) is 9.36 Å². The minimum Gasteiger partial charge on any atom is -0.481 e. The Hall–Kier alpha value is -0.380. The largest absolute Gasteiger partial charge is 0.481 e. The third kappa shape index (κ3) is 3.78. The maximum atomic E-state index is 11.6. The lowest BCUT2D eigenvalue weighted by Crippen LogP contribution is -2.25. The molecule has 0 fully saturated rings. The fourth-order valence-corrected chi connectivity index (χ4v) is 3.01. The van der Waals surface area contributed by atoms with Gasteiger partial charge in [0.15, 0.2) is 0 Å². The highest BCUT2D eigenvalue weighted by Gasteiger charge is 2.32. The quantitative estimate of drug-likeness (QED) is 0.584. The van der Waals surface area contributed by atoms with E-state index in [2.05, 4.69) is 0 Å². The lowest BCUT2D eigenvalue weighted by atomic mass is 10.1. The Balaban J connectivity index is 4.47. The first kappa shape index (κ1) is 13.6. The fraction of sp³-hybridized carbons (Fsp3) is 0.875. The smallest absolute Gasteiger partial charge is 0.307 e. The average molecular weight is 223 g/mol. The van der Waals surface area contributed by atoms with Crippen LogP contribution >= 0.6 is 7.37 Å². The van der Waals surface area contributed by atoms with Crippen molar-refractivity contribution in [3.63, 3.8) is 0 Å². The molecule has 0 radical (unpaired) electrons. The van der Waals surface area contributed by atoms with Crippen LogP contribution in [0, 0.1) is 5.92 Å². The van der Waals surface area contributed by atoms with E-state index in [-0.39, 0.29) is 6.16 Å². The molecular formula is C8H18NO4P. The molecule has 0 aromatic heterocycles. The van der Waals surface area contributed by atoms with Gasteiger partial charge < -0.3 is 15.7 Å². The van der Waals surface area contributed by atoms with Gasteiger partial charge in [0.2, 0.25) is 7.37 Å². The van der Waals surface area contributed by atoms with Crippen LogP contribution in [0.2, 0.25) is 0 Å². The number of carboxylic acid groups (broad SMARTS) is 1. The van der Waals surface area contributed by atoms with Gasteiger partial charge in [-0.2, -0.15) is 0 Å². The molecule has 0 heterocycles. The van der Waals surface area contributed by atoms with Gasteiger partial charge in [0.05, 0.1) is 11.7 Å². The second kappa shape index (κ2) is 5.49. The minimum atomic E-state index is -3.51. The molecule has 6 heteroatoms. The van der Waals surface area contributed by atoms with E-state index < -0.39 is 25.0 Å². The number of carbonyl (C=O) groups is 1. The molecule has 0 amide bonds. The van der Waals surface area contributed by atoms with Crippen molar-refractivity contribution in [3.05, 3.63) is 0 Å². The third-order valence-corrected chi connectivity index (χ3v) is 4.63. The molecular weight excluding hydrogens is 205 g/mol. The number of carboxylic acids is 1. The van der Waals surface area contributed by atoms with Crippen molar-refractivity contribution in [2.75, 3.05) is 6.16 Å². The Morgan fingerprint density at radius 2 is 1.93 bits per heavy atom. The second-order valence-electron chi connectivity index (χ2n) is 3.36. The van der Waals surface area contributed by atoms with Gasteiger partial charge in [-0.25, -0.2) is 0 Å². The van der Waals surface area contributed by atoms with Crippen LogP contribution in [0.1, 0.15) is 26.7 Å². The Labute approximate surface area is 83.8 Å². The molecule has 0 spiro atoms. The monoisotopic (exact) mass is 223 g/mol. The van der Waals surface area contributed by atoms with Gasteiger partial charge in [0, 0.05) is 6.16 Å². The highest BCUT2D eigenvalue weighted by Crippen LogP contribution is 2.47. The number of hydrogen-bond donors (Lipinski definition) is 3. The van der Waals surface area contributed by atoms with Crippen LogP contribution in [0.4, 0.5) is 0 Å². The molecule has 0 aliphatic heterocycles. The van der Waals surface area contributed by atoms with Crippen molar-refractivity contribution < 1.29 is 19.4 Å². The number of hydrogen-bond acceptors (Lipinski definition) is 3. The summed E-state index contributed by atoms with van der Waals surface area (Å²) in [6.07, 6.45) is 0.494. The molecule has 3 unspecified atom stereocenters. The Bertz CT molecular complexity index is 243. The maximum Gasteiger partial charge on any atom is 0.307 e. The van der Waals surface area contributed by atoms with Crippen LogP contribution in [-0.2, 0) is 9.36 Å². The normalized spacial score (nSPS) is 19.7. The predicted octanol–water partition coefficient (Wildman–Crippen LogP) is 1.06. The van der Waals surface area contributed by atoms with Gasteiger partial charge in [-0.15, -0.1) is 0 Å². The molecule has 84 valence electrons. The summed E-state index contributed by atoms with van der Waals surface area (Å²) in [7, 11) is -3.51. The molecule has 0 bridgehead atoms. The summed E-state index contributed by atoms with van der Waals surface area (Å²) in [5, 5.41) is 8.72. The van der Waals surface area contributed by atoms with E-state index >= 15 is 0 Å². The van der Waals surface area contributed by atoms with Crippen molar-refractivity contribution in [2.45, 2.75) is 32.5 Å². The molecule has 4 N–H and O–H groups in total. The first-order valence-electron chi connectivity index (χ1n) is 4.65. The maximum absolute atomic E-state index is 11.6. The highest BCUT2D eigenvalue weighted by molar-refractivity contribution is 7.58. The van der Waals surface area contributed by atoms with Gasteiger partial charge in [-0.1, -0.05) is 13.8 Å². The van der Waals surface area contributed by atoms with Crippen LogP contribution in [0.25, 0.3) is 0 Å². The summed E-state index contributed by atoms with van der Waals surface area (Å²) >= 11 is 0. The van der Waals surface area contributed by atoms with Gasteiger partial charge in [-0.05, 0) is 12.8 Å². The SMILES string of the molecule is CCC(CP(=O)(O)C(N)CC)C(=O)O. The fourth-order valence-electron chi connectivity index (χ4n) is 1.12. The van der Waals surface area contributed by atoms with E-state index in [1.54, 1.807) is 13.8 Å². The Kier molecular flexibility index (Phi) is 5.34. The Morgan fingerprint density at radius 3 is 2.21 bits per heavy atom. The van der Waals surface area contributed by atoms with Crippen LogP contribution < -0.4 is 5.73 Å². The van der Waals surface area contributed by atoms with Crippen molar-refractivity contribution >= 4 is 13.3 Å². The van der Waals surface area contributed by atoms with E-state index in [0.29, 0.717) is 12.8 Å². The van der Waals surface area contributed by atoms with Crippen molar-refractivity contribution in [1.29, 1.82) is 0 Å². The minimum absolute atomic E-state index is 0.228. The zero-order valence-corrected chi connectivity index (χ0v) is 9.41. The number of aliphatic carboxylic acids is 1. The summed E-state index contributed by atoms with van der Waals surface area (Å²) in [6, 6.07) is 0. The average Bonchev–Trinajstić information content (AvgIpc) is 2.12. The van der Waals surface area contributed by atoms with E-state index in [1.807, 2.05) is 0 Å². The standard InChI is InChI=1S/C8H18NO4P/c1-3-6(8(10)11)5-14(12,13)7(9)4-2/h6-7H,3-5,9H2,1-2H3,(H,10,11)(H,12,13). The molecule has 14 heavy (non-hydrogen) atoms. The summed E-state index contributed by atoms with van der Waals surface area (Å²) in [5.74, 6) is -2.62. The molecule has 5 nitrogen and oxygen atoms in total. The molecule has 0 rings (SSSR count). The van der Waals surface area contributed by atoms with Gasteiger partial charge in [0.25, 0.3) is 0 Å². The van der Waals surface area contributed by atoms with Crippen LogP contribution in [0.5, 0.6) is 0 Å². The van der Waals surface area contributed by atoms with E-state index in [1.165, 1.54) is 0 Å². The van der Waals surface area contributed by atoms with Crippen molar-refractivity contribution in [3.8, 4) is 0 Å². The van der Waals surface area contributed by atoms with Crippen LogP contribution in [-0.4, -0.2) is 27.9 Å². The second-order valence-corrected chi connectivity index (χ2v) is 5.90. The van der Waals surface area contributed by atoms with E-state index in [4.69, 9.17) is 10.8 Å².